The lowest BCUT2D eigenvalue weighted by atomic mass is 9.99. The molecule has 0 amide bonds. The number of fused-ring (bicyclic) bond motifs is 1. The topological polar surface area (TPSA) is 147 Å². The molecule has 0 unspecified atom stereocenters. The van der Waals surface area contributed by atoms with Crippen LogP contribution in [0.5, 0.6) is 5.75 Å². The molecule has 2 heterocycles. The average molecular weight is 313 g/mol. The Kier molecular flexibility index (Phi) is 5.01. The number of ether oxygens (including phenoxy) is 2. The molecule has 0 spiro atoms. The maximum absolute atomic E-state index is 9.94. The monoisotopic (exact) mass is 313 g/mol. The largest absolute Gasteiger partial charge is 0.460 e. The van der Waals surface area contributed by atoms with Gasteiger partial charge in [-0.15, -0.1) is 0 Å². The van der Waals surface area contributed by atoms with Crippen molar-refractivity contribution < 1.29 is 35.4 Å². The van der Waals surface area contributed by atoms with Crippen LogP contribution in [0.2, 0.25) is 0 Å². The Balaban J connectivity index is 0.00000176. The van der Waals surface area contributed by atoms with E-state index >= 15 is 0 Å². The van der Waals surface area contributed by atoms with Gasteiger partial charge in [0, 0.05) is 17.1 Å². The number of aromatic amines is 1. The highest BCUT2D eigenvalue weighted by atomic mass is 16.7. The van der Waals surface area contributed by atoms with Gasteiger partial charge < -0.3 is 40.4 Å². The minimum absolute atomic E-state index is 0. The highest BCUT2D eigenvalue weighted by Gasteiger charge is 2.44. The van der Waals surface area contributed by atoms with Crippen molar-refractivity contribution >= 4 is 10.9 Å². The van der Waals surface area contributed by atoms with Crippen molar-refractivity contribution in [3.8, 4) is 5.75 Å². The van der Waals surface area contributed by atoms with Crippen molar-refractivity contribution in [1.29, 1.82) is 0 Å². The highest BCUT2D eigenvalue weighted by molar-refractivity contribution is 5.85. The first-order valence-electron chi connectivity index (χ1n) is 6.65. The minimum Gasteiger partial charge on any atom is -0.460 e. The summed E-state index contributed by atoms with van der Waals surface area (Å²) in [6.07, 6.45) is -4.82. The molecule has 122 valence electrons. The van der Waals surface area contributed by atoms with Crippen LogP contribution in [-0.2, 0) is 4.74 Å². The van der Waals surface area contributed by atoms with Crippen LogP contribution in [0.25, 0.3) is 10.9 Å². The normalized spacial score (nSPS) is 31.7. The molecule has 3 rings (SSSR count). The number of aliphatic hydroxyl groups is 4. The molecule has 0 saturated carbocycles. The molecule has 1 saturated heterocycles. The Bertz CT molecular complexity index is 614. The quantitative estimate of drug-likeness (QED) is 0.467. The van der Waals surface area contributed by atoms with E-state index in [1.54, 1.807) is 6.20 Å². The van der Waals surface area contributed by atoms with Crippen LogP contribution < -0.4 is 4.74 Å². The molecule has 1 aliphatic rings. The van der Waals surface area contributed by atoms with Crippen LogP contribution in [0, 0.1) is 0 Å². The number of nitrogens with one attached hydrogen (secondary N) is 1. The first-order chi connectivity index (χ1) is 10.1. The molecule has 22 heavy (non-hydrogen) atoms. The van der Waals surface area contributed by atoms with E-state index in [1.165, 1.54) is 0 Å². The maximum atomic E-state index is 9.94. The van der Waals surface area contributed by atoms with Crippen molar-refractivity contribution in [1.82, 2.24) is 4.98 Å². The molecule has 2 aromatic rings. The van der Waals surface area contributed by atoms with E-state index in [9.17, 15) is 15.3 Å². The zero-order valence-electron chi connectivity index (χ0n) is 11.6. The molecule has 1 aromatic carbocycles. The van der Waals surface area contributed by atoms with Gasteiger partial charge in [0.2, 0.25) is 6.29 Å². The lowest BCUT2D eigenvalue weighted by Crippen LogP contribution is -2.60. The zero-order chi connectivity index (χ0) is 15.0. The molecule has 8 heteroatoms. The molecule has 1 fully saturated rings. The zero-order valence-corrected chi connectivity index (χ0v) is 11.6. The Morgan fingerprint density at radius 2 is 1.82 bits per heavy atom. The smallest absolute Gasteiger partial charge is 0.229 e. The number of aliphatic hydroxyl groups excluding tert-OH is 4. The van der Waals surface area contributed by atoms with E-state index in [0.717, 1.165) is 10.9 Å². The predicted octanol–water partition coefficient (Wildman–Crippen LogP) is -1.48. The summed E-state index contributed by atoms with van der Waals surface area (Å²) in [6.45, 7) is -0.487. The molecular weight excluding hydrogens is 294 g/mol. The van der Waals surface area contributed by atoms with Crippen molar-refractivity contribution in [2.75, 3.05) is 6.61 Å². The van der Waals surface area contributed by atoms with Crippen LogP contribution in [0.15, 0.2) is 30.5 Å². The lowest BCUT2D eigenvalue weighted by molar-refractivity contribution is -0.277. The Hall–Kier alpha value is -1.68. The molecular formula is C14H19NO7. The Morgan fingerprint density at radius 1 is 1.09 bits per heavy atom. The Labute approximate surface area is 125 Å². The summed E-state index contributed by atoms with van der Waals surface area (Å²) in [5, 5.41) is 39.3. The summed E-state index contributed by atoms with van der Waals surface area (Å²) < 4.78 is 10.9. The van der Waals surface area contributed by atoms with Crippen molar-refractivity contribution in [2.45, 2.75) is 30.7 Å². The number of benzene rings is 1. The molecule has 1 aliphatic heterocycles. The molecule has 0 aliphatic carbocycles. The van der Waals surface area contributed by atoms with E-state index in [4.69, 9.17) is 14.6 Å². The third-order valence-corrected chi connectivity index (χ3v) is 3.64. The molecule has 1 aromatic heterocycles. The first kappa shape index (κ1) is 16.7. The van der Waals surface area contributed by atoms with Gasteiger partial charge in [-0.25, -0.2) is 0 Å². The summed E-state index contributed by atoms with van der Waals surface area (Å²) in [4.78, 5) is 3.01. The van der Waals surface area contributed by atoms with E-state index in [-0.39, 0.29) is 5.48 Å². The summed E-state index contributed by atoms with van der Waals surface area (Å²) in [5.41, 5.74) is 0.858. The van der Waals surface area contributed by atoms with Crippen LogP contribution >= 0.6 is 0 Å². The molecule has 7 N–H and O–H groups in total. The van der Waals surface area contributed by atoms with Crippen molar-refractivity contribution in [2.24, 2.45) is 0 Å². The highest BCUT2D eigenvalue weighted by Crippen LogP contribution is 2.29. The predicted molar refractivity (Wildman–Crippen MR) is 76.3 cm³/mol. The number of aromatic nitrogens is 1. The van der Waals surface area contributed by atoms with Crippen LogP contribution in [0.3, 0.4) is 0 Å². The second-order valence-corrected chi connectivity index (χ2v) is 5.01. The van der Waals surface area contributed by atoms with Crippen molar-refractivity contribution in [3.05, 3.63) is 30.5 Å². The SMILES string of the molecule is O.OC[C@H]1O[C@@H](Oc2c[nH]c3ccccc23)[C@H](O)[C@@H](O)[C@@H]1O. The molecule has 8 nitrogen and oxygen atoms in total. The lowest BCUT2D eigenvalue weighted by Gasteiger charge is -2.39. The maximum Gasteiger partial charge on any atom is 0.229 e. The van der Waals surface area contributed by atoms with E-state index in [1.807, 2.05) is 24.3 Å². The number of hydrogen-bond donors (Lipinski definition) is 5. The minimum atomic E-state index is -1.45. The molecule has 5 atom stereocenters. The number of para-hydroxylation sites is 1. The average Bonchev–Trinajstić information content (AvgIpc) is 2.91. The van der Waals surface area contributed by atoms with Crippen LogP contribution in [0.4, 0.5) is 0 Å². The molecule has 0 bridgehead atoms. The van der Waals surface area contributed by atoms with Gasteiger partial charge in [0.05, 0.1) is 6.61 Å². The third-order valence-electron chi connectivity index (χ3n) is 3.64. The van der Waals surface area contributed by atoms with Gasteiger partial charge in [-0.3, -0.25) is 0 Å². The van der Waals surface area contributed by atoms with E-state index < -0.39 is 37.3 Å². The van der Waals surface area contributed by atoms with Gasteiger partial charge in [-0.1, -0.05) is 12.1 Å². The van der Waals surface area contributed by atoms with Gasteiger partial charge in [-0.05, 0) is 12.1 Å². The number of H-pyrrole nitrogens is 1. The third kappa shape index (κ3) is 2.80. The van der Waals surface area contributed by atoms with Gasteiger partial charge >= 0.3 is 0 Å². The first-order valence-corrected chi connectivity index (χ1v) is 6.65. The summed E-state index contributed by atoms with van der Waals surface area (Å²) in [6, 6.07) is 7.42. The number of rotatable bonds is 3. The Morgan fingerprint density at radius 3 is 2.55 bits per heavy atom. The number of hydrogen-bond acceptors (Lipinski definition) is 6. The van der Waals surface area contributed by atoms with Crippen molar-refractivity contribution in [3.63, 3.8) is 0 Å². The summed E-state index contributed by atoms with van der Waals surface area (Å²) in [5.74, 6) is 0.454. The second kappa shape index (κ2) is 6.61. The van der Waals surface area contributed by atoms with Gasteiger partial charge in [0.25, 0.3) is 0 Å². The van der Waals surface area contributed by atoms with Gasteiger partial charge in [0.15, 0.2) is 0 Å². The van der Waals surface area contributed by atoms with Gasteiger partial charge in [-0.2, -0.15) is 0 Å². The van der Waals surface area contributed by atoms with E-state index in [0.29, 0.717) is 5.75 Å². The van der Waals surface area contributed by atoms with Crippen LogP contribution in [-0.4, -0.2) is 68.2 Å². The fraction of sp³-hybridized carbons (Fsp3) is 0.429. The summed E-state index contributed by atoms with van der Waals surface area (Å²) in [7, 11) is 0. The fourth-order valence-corrected chi connectivity index (χ4v) is 2.43. The summed E-state index contributed by atoms with van der Waals surface area (Å²) >= 11 is 0. The van der Waals surface area contributed by atoms with Crippen LogP contribution in [0.1, 0.15) is 0 Å². The second-order valence-electron chi connectivity index (χ2n) is 5.01. The van der Waals surface area contributed by atoms with Gasteiger partial charge in [0.1, 0.15) is 30.2 Å². The standard InChI is InChI=1S/C14H17NO6.H2O/c16-6-10-11(17)12(18)13(19)14(21-10)20-9-5-15-8-4-2-1-3-7(8)9;/h1-5,10-19H,6H2;1H2/t10-,11-,12+,13-,14-;/m1./s1. The van der Waals surface area contributed by atoms with E-state index in [2.05, 4.69) is 4.98 Å². The molecule has 0 radical (unpaired) electrons. The fourth-order valence-electron chi connectivity index (χ4n) is 2.43.